The van der Waals surface area contributed by atoms with Crippen molar-refractivity contribution in [1.82, 2.24) is 15.5 Å². The van der Waals surface area contributed by atoms with E-state index in [-0.39, 0.29) is 17.6 Å². The molecule has 0 radical (unpaired) electrons. The predicted octanol–water partition coefficient (Wildman–Crippen LogP) is 4.13. The molecule has 1 amide bonds. The van der Waals surface area contributed by atoms with Gasteiger partial charge in [-0.3, -0.25) is 4.79 Å². The van der Waals surface area contributed by atoms with Gasteiger partial charge in [0.25, 0.3) is 0 Å². The van der Waals surface area contributed by atoms with Crippen LogP contribution >= 0.6 is 11.3 Å². The molecule has 3 aromatic heterocycles. The number of amides is 1. The summed E-state index contributed by atoms with van der Waals surface area (Å²) in [5, 5.41) is 9.75. The van der Waals surface area contributed by atoms with Crippen LogP contribution in [0, 0.1) is 13.8 Å². The summed E-state index contributed by atoms with van der Waals surface area (Å²) in [6.45, 7) is 4.51. The SMILES string of the molecule is Cc1ccsc1CCNC(=O)c1nc(-c2oc3ccccc3c2C)no1. The van der Waals surface area contributed by atoms with E-state index in [0.717, 1.165) is 23.0 Å². The maximum absolute atomic E-state index is 12.2. The molecule has 4 rings (SSSR count). The number of nitrogens with zero attached hydrogens (tertiary/aromatic N) is 2. The molecule has 0 aliphatic rings. The van der Waals surface area contributed by atoms with E-state index < -0.39 is 0 Å². The molecule has 6 nitrogen and oxygen atoms in total. The second kappa shape index (κ2) is 6.76. The molecule has 0 aliphatic carbocycles. The lowest BCUT2D eigenvalue weighted by Gasteiger charge is -2.01. The molecular formula is C19H17N3O3S. The molecule has 3 heterocycles. The van der Waals surface area contributed by atoms with Crippen LogP contribution in [0.3, 0.4) is 0 Å². The number of carbonyl (C=O) groups excluding carboxylic acids is 1. The summed E-state index contributed by atoms with van der Waals surface area (Å²) >= 11 is 1.69. The topological polar surface area (TPSA) is 81.2 Å². The monoisotopic (exact) mass is 367 g/mol. The zero-order valence-electron chi connectivity index (χ0n) is 14.4. The van der Waals surface area contributed by atoms with E-state index in [9.17, 15) is 4.79 Å². The van der Waals surface area contributed by atoms with Gasteiger partial charge in [-0.25, -0.2) is 0 Å². The maximum atomic E-state index is 12.2. The number of hydrogen-bond donors (Lipinski definition) is 1. The fourth-order valence-corrected chi connectivity index (χ4v) is 3.73. The molecule has 0 fully saturated rings. The molecule has 4 aromatic rings. The van der Waals surface area contributed by atoms with Crippen LogP contribution in [-0.2, 0) is 6.42 Å². The highest BCUT2D eigenvalue weighted by molar-refractivity contribution is 7.10. The number of rotatable bonds is 5. The summed E-state index contributed by atoms with van der Waals surface area (Å²) in [5.74, 6) is 0.343. The Balaban J connectivity index is 1.47. The maximum Gasteiger partial charge on any atom is 0.316 e. The Bertz CT molecular complexity index is 1080. The minimum absolute atomic E-state index is 0.0669. The van der Waals surface area contributed by atoms with Crippen molar-refractivity contribution in [1.29, 1.82) is 0 Å². The number of para-hydroxylation sites is 1. The fraction of sp³-hybridized carbons (Fsp3) is 0.211. The molecule has 1 aromatic carbocycles. The number of aryl methyl sites for hydroxylation is 2. The summed E-state index contributed by atoms with van der Waals surface area (Å²) in [4.78, 5) is 17.7. The first-order chi connectivity index (χ1) is 12.6. The molecule has 0 saturated heterocycles. The smallest absolute Gasteiger partial charge is 0.316 e. The van der Waals surface area contributed by atoms with Crippen molar-refractivity contribution in [3.63, 3.8) is 0 Å². The zero-order chi connectivity index (χ0) is 18.1. The van der Waals surface area contributed by atoms with Gasteiger partial charge in [0.05, 0.1) is 0 Å². The number of hydrogen-bond acceptors (Lipinski definition) is 6. The highest BCUT2D eigenvalue weighted by atomic mass is 32.1. The molecule has 0 spiro atoms. The van der Waals surface area contributed by atoms with Crippen LogP contribution in [0.4, 0.5) is 0 Å². The Morgan fingerprint density at radius 3 is 2.85 bits per heavy atom. The summed E-state index contributed by atoms with van der Waals surface area (Å²) in [5.41, 5.74) is 2.91. The first-order valence-corrected chi connectivity index (χ1v) is 9.15. The Labute approximate surface area is 153 Å². The molecule has 0 saturated carbocycles. The number of furan rings is 1. The van der Waals surface area contributed by atoms with Crippen LogP contribution in [0.1, 0.15) is 26.7 Å². The molecule has 132 valence electrons. The van der Waals surface area contributed by atoms with Crippen molar-refractivity contribution in [3.8, 4) is 11.6 Å². The van der Waals surface area contributed by atoms with E-state index in [0.29, 0.717) is 12.3 Å². The number of fused-ring (bicyclic) bond motifs is 1. The largest absolute Gasteiger partial charge is 0.452 e. The van der Waals surface area contributed by atoms with Gasteiger partial charge in [-0.15, -0.1) is 11.3 Å². The van der Waals surface area contributed by atoms with E-state index in [1.165, 1.54) is 10.4 Å². The molecule has 0 bridgehead atoms. The van der Waals surface area contributed by atoms with Gasteiger partial charge in [-0.1, -0.05) is 23.4 Å². The van der Waals surface area contributed by atoms with E-state index in [1.54, 1.807) is 11.3 Å². The fourth-order valence-electron chi connectivity index (χ4n) is 2.82. The normalized spacial score (nSPS) is 11.2. The molecule has 0 unspecified atom stereocenters. The third kappa shape index (κ3) is 3.01. The minimum Gasteiger partial charge on any atom is -0.452 e. The van der Waals surface area contributed by atoms with Crippen LogP contribution in [-0.4, -0.2) is 22.6 Å². The van der Waals surface area contributed by atoms with Gasteiger partial charge in [0.2, 0.25) is 5.82 Å². The van der Waals surface area contributed by atoms with Crippen molar-refractivity contribution in [3.05, 3.63) is 57.6 Å². The zero-order valence-corrected chi connectivity index (χ0v) is 15.2. The molecule has 0 aliphatic heterocycles. The summed E-state index contributed by atoms with van der Waals surface area (Å²) < 4.78 is 10.9. The third-order valence-corrected chi connectivity index (χ3v) is 5.36. The standard InChI is InChI=1S/C19H17N3O3S/c1-11-8-10-26-15(11)7-9-20-18(23)19-21-17(22-25-19)16-12(2)13-5-3-4-6-14(13)24-16/h3-6,8,10H,7,9H2,1-2H3,(H,20,23). The van der Waals surface area contributed by atoms with Crippen molar-refractivity contribution < 1.29 is 13.7 Å². The van der Waals surface area contributed by atoms with Crippen molar-refractivity contribution >= 4 is 28.2 Å². The van der Waals surface area contributed by atoms with Crippen LogP contribution in [0.5, 0.6) is 0 Å². The van der Waals surface area contributed by atoms with E-state index in [1.807, 2.05) is 36.6 Å². The van der Waals surface area contributed by atoms with Crippen LogP contribution < -0.4 is 5.32 Å². The number of nitrogens with one attached hydrogen (secondary N) is 1. The average molecular weight is 367 g/mol. The van der Waals surface area contributed by atoms with Gasteiger partial charge in [-0.2, -0.15) is 4.98 Å². The highest BCUT2D eigenvalue weighted by Gasteiger charge is 2.20. The Hall–Kier alpha value is -2.93. The van der Waals surface area contributed by atoms with Crippen molar-refractivity contribution in [2.45, 2.75) is 20.3 Å². The molecule has 1 N–H and O–H groups in total. The first kappa shape index (κ1) is 16.5. The van der Waals surface area contributed by atoms with Gasteiger partial charge < -0.3 is 14.3 Å². The summed E-state index contributed by atoms with van der Waals surface area (Å²) in [6.07, 6.45) is 0.777. The van der Waals surface area contributed by atoms with Gasteiger partial charge in [0.15, 0.2) is 5.76 Å². The molecular weight excluding hydrogens is 350 g/mol. The summed E-state index contributed by atoms with van der Waals surface area (Å²) in [7, 11) is 0. The van der Waals surface area contributed by atoms with Crippen LogP contribution in [0.2, 0.25) is 0 Å². The van der Waals surface area contributed by atoms with Gasteiger partial charge in [-0.05, 0) is 43.3 Å². The van der Waals surface area contributed by atoms with E-state index in [4.69, 9.17) is 8.94 Å². The second-order valence-corrected chi connectivity index (χ2v) is 7.01. The number of aromatic nitrogens is 2. The first-order valence-electron chi connectivity index (χ1n) is 8.27. The quantitative estimate of drug-likeness (QED) is 0.573. The lowest BCUT2D eigenvalue weighted by molar-refractivity contribution is 0.0910. The van der Waals surface area contributed by atoms with Crippen molar-refractivity contribution in [2.24, 2.45) is 0 Å². The lowest BCUT2D eigenvalue weighted by atomic mass is 10.1. The van der Waals surface area contributed by atoms with Crippen molar-refractivity contribution in [2.75, 3.05) is 6.54 Å². The van der Waals surface area contributed by atoms with E-state index >= 15 is 0 Å². The number of benzene rings is 1. The van der Waals surface area contributed by atoms with Gasteiger partial charge in [0, 0.05) is 22.4 Å². The number of carbonyl (C=O) groups is 1. The highest BCUT2D eigenvalue weighted by Crippen LogP contribution is 2.31. The average Bonchev–Trinajstić information content (AvgIpc) is 3.35. The minimum atomic E-state index is -0.383. The van der Waals surface area contributed by atoms with E-state index in [2.05, 4.69) is 28.4 Å². The Kier molecular flexibility index (Phi) is 4.30. The van der Waals surface area contributed by atoms with Gasteiger partial charge >= 0.3 is 11.8 Å². The molecule has 7 heteroatoms. The second-order valence-electron chi connectivity index (χ2n) is 6.01. The predicted molar refractivity (Wildman–Crippen MR) is 99.3 cm³/mol. The Morgan fingerprint density at radius 1 is 1.23 bits per heavy atom. The van der Waals surface area contributed by atoms with Crippen LogP contribution in [0.15, 0.2) is 44.7 Å². The number of thiophene rings is 1. The van der Waals surface area contributed by atoms with Crippen LogP contribution in [0.25, 0.3) is 22.6 Å². The van der Waals surface area contributed by atoms with Gasteiger partial charge in [0.1, 0.15) is 5.58 Å². The third-order valence-electron chi connectivity index (χ3n) is 4.27. The summed E-state index contributed by atoms with van der Waals surface area (Å²) in [6, 6.07) is 9.77. The Morgan fingerprint density at radius 2 is 2.08 bits per heavy atom. The molecule has 26 heavy (non-hydrogen) atoms. The molecule has 0 atom stereocenters. The lowest BCUT2D eigenvalue weighted by Crippen LogP contribution is -2.25.